The fourth-order valence-corrected chi connectivity index (χ4v) is 5.60. The van der Waals surface area contributed by atoms with Crippen LogP contribution in [0, 0.1) is 5.92 Å². The van der Waals surface area contributed by atoms with E-state index in [2.05, 4.69) is 4.98 Å². The molecule has 0 aliphatic carbocycles. The van der Waals surface area contributed by atoms with Crippen LogP contribution >= 0.6 is 11.8 Å². The molecule has 2 aromatic heterocycles. The van der Waals surface area contributed by atoms with Crippen LogP contribution in [0.25, 0.3) is 5.69 Å². The van der Waals surface area contributed by atoms with Crippen molar-refractivity contribution in [2.75, 3.05) is 18.8 Å². The zero-order chi connectivity index (χ0) is 22.2. The molecule has 2 bridgehead atoms. The molecule has 1 aromatic carbocycles. The highest BCUT2D eigenvalue weighted by atomic mass is 32.2. The van der Waals surface area contributed by atoms with Crippen LogP contribution < -0.4 is 11.1 Å². The van der Waals surface area contributed by atoms with Gasteiger partial charge < -0.3 is 14.6 Å². The van der Waals surface area contributed by atoms with Crippen molar-refractivity contribution in [2.24, 2.45) is 5.92 Å². The van der Waals surface area contributed by atoms with Gasteiger partial charge in [0.15, 0.2) is 5.16 Å². The molecule has 1 fully saturated rings. The second kappa shape index (κ2) is 8.31. The highest BCUT2D eigenvalue weighted by molar-refractivity contribution is 7.99. The van der Waals surface area contributed by atoms with Crippen LogP contribution in [-0.2, 0) is 11.3 Å². The van der Waals surface area contributed by atoms with E-state index in [9.17, 15) is 19.5 Å². The van der Waals surface area contributed by atoms with Gasteiger partial charge in [-0.25, -0.2) is 0 Å². The lowest BCUT2D eigenvalue weighted by molar-refractivity contribution is -0.131. The Bertz CT molecular complexity index is 1290. The lowest BCUT2D eigenvalue weighted by atomic mass is 9.83. The molecule has 4 heterocycles. The first kappa shape index (κ1) is 20.6. The lowest BCUT2D eigenvalue weighted by Crippen LogP contribution is -2.49. The molecule has 0 saturated carbocycles. The van der Waals surface area contributed by atoms with Crippen molar-refractivity contribution in [3.63, 3.8) is 0 Å². The smallest absolute Gasteiger partial charge is 0.262 e. The van der Waals surface area contributed by atoms with Crippen LogP contribution in [0.2, 0.25) is 0 Å². The number of aromatic hydroxyl groups is 1. The molecule has 3 aromatic rings. The molecule has 2 atom stereocenters. The van der Waals surface area contributed by atoms with E-state index in [1.807, 2.05) is 33.7 Å². The number of amides is 1. The zero-order valence-electron chi connectivity index (χ0n) is 17.3. The van der Waals surface area contributed by atoms with Crippen LogP contribution in [0.5, 0.6) is 5.88 Å². The second-order valence-electron chi connectivity index (χ2n) is 8.19. The average Bonchev–Trinajstić information content (AvgIpc) is 2.78. The summed E-state index contributed by atoms with van der Waals surface area (Å²) in [5.74, 6) is 0.0767. The van der Waals surface area contributed by atoms with E-state index in [1.54, 1.807) is 24.3 Å². The van der Waals surface area contributed by atoms with Gasteiger partial charge in [0, 0.05) is 37.3 Å². The van der Waals surface area contributed by atoms with E-state index in [0.29, 0.717) is 25.3 Å². The number of piperidine rings is 1. The molecule has 5 rings (SSSR count). The predicted molar refractivity (Wildman–Crippen MR) is 120 cm³/mol. The van der Waals surface area contributed by atoms with Crippen LogP contribution in [-0.4, -0.2) is 48.9 Å². The van der Waals surface area contributed by atoms with Crippen LogP contribution in [0.15, 0.2) is 69.3 Å². The summed E-state index contributed by atoms with van der Waals surface area (Å²) < 4.78 is 3.23. The molecule has 9 heteroatoms. The van der Waals surface area contributed by atoms with Crippen LogP contribution in [0.4, 0.5) is 0 Å². The van der Waals surface area contributed by atoms with Crippen molar-refractivity contribution in [2.45, 2.75) is 24.0 Å². The van der Waals surface area contributed by atoms with Gasteiger partial charge in [-0.05, 0) is 30.5 Å². The van der Waals surface area contributed by atoms with Gasteiger partial charge in [-0.3, -0.25) is 19.0 Å². The molecule has 1 N–H and O–H groups in total. The Hall–Kier alpha value is -3.33. The van der Waals surface area contributed by atoms with Gasteiger partial charge in [0.2, 0.25) is 11.8 Å². The first-order chi connectivity index (χ1) is 15.5. The molecule has 164 valence electrons. The van der Waals surface area contributed by atoms with Crippen molar-refractivity contribution in [1.29, 1.82) is 0 Å². The van der Waals surface area contributed by atoms with Gasteiger partial charge in [-0.2, -0.15) is 4.98 Å². The topological polar surface area (TPSA) is 97.4 Å². The van der Waals surface area contributed by atoms with E-state index in [4.69, 9.17) is 0 Å². The van der Waals surface area contributed by atoms with E-state index in [-0.39, 0.29) is 40.1 Å². The summed E-state index contributed by atoms with van der Waals surface area (Å²) in [7, 11) is 0. The Morgan fingerprint density at radius 2 is 1.84 bits per heavy atom. The first-order valence-electron chi connectivity index (χ1n) is 10.5. The normalized spacial score (nSPS) is 19.4. The highest BCUT2D eigenvalue weighted by Crippen LogP contribution is 2.35. The van der Waals surface area contributed by atoms with E-state index in [0.717, 1.165) is 29.9 Å². The number of para-hydroxylation sites is 1. The highest BCUT2D eigenvalue weighted by Gasteiger charge is 2.36. The lowest BCUT2D eigenvalue weighted by Gasteiger charge is -2.42. The predicted octanol–water partition coefficient (Wildman–Crippen LogP) is 1.84. The Kier molecular flexibility index (Phi) is 5.34. The number of benzene rings is 1. The molecule has 2 aliphatic rings. The number of carbonyl (C=O) groups excluding carboxylic acids is 1. The molecule has 2 aliphatic heterocycles. The molecule has 0 unspecified atom stereocenters. The third-order valence-corrected chi connectivity index (χ3v) is 6.97. The number of rotatable bonds is 4. The number of likely N-dealkylation sites (tertiary alicyclic amines) is 1. The van der Waals surface area contributed by atoms with Gasteiger partial charge >= 0.3 is 0 Å². The molecule has 8 nitrogen and oxygen atoms in total. The minimum Gasteiger partial charge on any atom is -0.493 e. The number of carbonyl (C=O) groups is 1. The summed E-state index contributed by atoms with van der Waals surface area (Å²) in [6.07, 6.45) is 0.974. The summed E-state index contributed by atoms with van der Waals surface area (Å²) in [6, 6.07) is 15.4. The van der Waals surface area contributed by atoms with E-state index in [1.165, 1.54) is 4.57 Å². The Balaban J connectivity index is 1.34. The van der Waals surface area contributed by atoms with Gasteiger partial charge in [0.05, 0.1) is 17.5 Å². The molecule has 0 radical (unpaired) electrons. The SMILES string of the molecule is O=C(CSc1nc(O)cc(=O)n1-c1ccccc1)N1C[C@@H]2C[C@H](C1)c1cccc(=O)n1C2. The molecule has 32 heavy (non-hydrogen) atoms. The third-order valence-electron chi connectivity index (χ3n) is 6.05. The maximum Gasteiger partial charge on any atom is 0.262 e. The number of pyridine rings is 1. The fraction of sp³-hybridized carbons (Fsp3) is 0.304. The summed E-state index contributed by atoms with van der Waals surface area (Å²) in [5, 5.41) is 10.1. The average molecular weight is 451 g/mol. The minimum atomic E-state index is -0.409. The fourth-order valence-electron chi connectivity index (χ4n) is 4.68. The third kappa shape index (κ3) is 3.84. The number of hydrogen-bond acceptors (Lipinski definition) is 6. The van der Waals surface area contributed by atoms with Gasteiger partial charge in [-0.1, -0.05) is 36.0 Å². The van der Waals surface area contributed by atoms with Gasteiger partial charge in [0.25, 0.3) is 11.1 Å². The van der Waals surface area contributed by atoms with Crippen molar-refractivity contribution < 1.29 is 9.90 Å². The summed E-state index contributed by atoms with van der Waals surface area (Å²) >= 11 is 1.13. The Morgan fingerprint density at radius 3 is 2.66 bits per heavy atom. The first-order valence-corrected chi connectivity index (χ1v) is 11.5. The number of thioether (sulfide) groups is 1. The van der Waals surface area contributed by atoms with Crippen molar-refractivity contribution >= 4 is 17.7 Å². The molecule has 1 saturated heterocycles. The zero-order valence-corrected chi connectivity index (χ0v) is 18.1. The van der Waals surface area contributed by atoms with Crippen LogP contribution in [0.3, 0.4) is 0 Å². The summed E-state index contributed by atoms with van der Waals surface area (Å²) in [4.78, 5) is 43.7. The monoisotopic (exact) mass is 450 g/mol. The second-order valence-corrected chi connectivity index (χ2v) is 9.13. The Morgan fingerprint density at radius 1 is 1.03 bits per heavy atom. The Labute approximate surface area is 188 Å². The number of aromatic nitrogens is 3. The van der Waals surface area contributed by atoms with Crippen molar-refractivity contribution in [1.82, 2.24) is 19.0 Å². The standard InChI is InChI=1S/C23H22N4O4S/c28-19-10-21(30)27(17-5-2-1-3-6-17)23(24-19)32-14-22(31)25-11-15-9-16(13-25)18-7-4-8-20(29)26(18)12-15/h1-8,10,15-16,28H,9,11-14H2/t15-,16+/m0/s1. The summed E-state index contributed by atoms with van der Waals surface area (Å²) in [5.41, 5.74) is 1.22. The molecular formula is C23H22N4O4S. The van der Waals surface area contributed by atoms with Crippen LogP contribution in [0.1, 0.15) is 18.0 Å². The number of nitrogens with zero attached hydrogens (tertiary/aromatic N) is 4. The number of hydrogen-bond donors (Lipinski definition) is 1. The van der Waals surface area contributed by atoms with Gasteiger partial charge in [0.1, 0.15) is 0 Å². The molecule has 0 spiro atoms. The maximum absolute atomic E-state index is 13.1. The molecule has 1 amide bonds. The maximum atomic E-state index is 13.1. The van der Waals surface area contributed by atoms with Crippen molar-refractivity contribution in [3.8, 4) is 11.6 Å². The van der Waals surface area contributed by atoms with Gasteiger partial charge in [-0.15, -0.1) is 0 Å². The van der Waals surface area contributed by atoms with E-state index >= 15 is 0 Å². The molecular weight excluding hydrogens is 428 g/mol. The largest absolute Gasteiger partial charge is 0.493 e. The summed E-state index contributed by atoms with van der Waals surface area (Å²) in [6.45, 7) is 1.80. The minimum absolute atomic E-state index is 0.0152. The van der Waals surface area contributed by atoms with E-state index < -0.39 is 5.56 Å². The number of fused-ring (bicyclic) bond motifs is 4. The van der Waals surface area contributed by atoms with Crippen molar-refractivity contribution in [3.05, 3.63) is 81.0 Å². The quantitative estimate of drug-likeness (QED) is 0.481.